The molecule has 0 atom stereocenters. The lowest BCUT2D eigenvalue weighted by Gasteiger charge is -2.12. The smallest absolute Gasteiger partial charge is 0.335 e. The number of ether oxygens (including phenoxy) is 1. The third-order valence-corrected chi connectivity index (χ3v) is 6.66. The third-order valence-electron chi connectivity index (χ3n) is 5.10. The van der Waals surface area contributed by atoms with E-state index in [9.17, 15) is 9.59 Å². The van der Waals surface area contributed by atoms with E-state index >= 15 is 0 Å². The Morgan fingerprint density at radius 2 is 1.80 bits per heavy atom. The molecule has 9 heteroatoms. The highest BCUT2D eigenvalue weighted by Crippen LogP contribution is 2.35. The predicted octanol–water partition coefficient (Wildman–Crippen LogP) is 6.89. The van der Waals surface area contributed by atoms with Crippen molar-refractivity contribution in [2.45, 2.75) is 13.5 Å². The van der Waals surface area contributed by atoms with Crippen LogP contribution in [0, 0.1) is 0 Å². The fourth-order valence-electron chi connectivity index (χ4n) is 3.28. The molecule has 0 saturated carbocycles. The average molecular weight is 527 g/mol. The molecule has 3 aromatic rings. The van der Waals surface area contributed by atoms with Gasteiger partial charge in [-0.15, -0.1) is 0 Å². The van der Waals surface area contributed by atoms with Gasteiger partial charge < -0.3 is 9.84 Å². The second-order valence-electron chi connectivity index (χ2n) is 7.51. The summed E-state index contributed by atoms with van der Waals surface area (Å²) in [4.78, 5) is 30.6. The molecule has 0 unspecified atom stereocenters. The zero-order valence-corrected chi connectivity index (χ0v) is 20.9. The molecule has 0 aromatic heterocycles. The largest absolute Gasteiger partial charge is 0.487 e. The maximum Gasteiger partial charge on any atom is 0.335 e. The van der Waals surface area contributed by atoms with Crippen LogP contribution in [0.25, 0.3) is 6.08 Å². The lowest BCUT2D eigenvalue weighted by Crippen LogP contribution is -2.28. The van der Waals surface area contributed by atoms with Crippen molar-refractivity contribution in [3.05, 3.63) is 98.4 Å². The van der Waals surface area contributed by atoms with Crippen LogP contribution in [0.4, 0.5) is 5.69 Å². The van der Waals surface area contributed by atoms with E-state index in [-0.39, 0.29) is 11.5 Å². The molecular formula is C26H20Cl2N2O4S. The van der Waals surface area contributed by atoms with Crippen molar-refractivity contribution in [1.29, 1.82) is 0 Å². The second-order valence-corrected chi connectivity index (χ2v) is 9.36. The third kappa shape index (κ3) is 6.06. The van der Waals surface area contributed by atoms with Gasteiger partial charge in [0.2, 0.25) is 0 Å². The van der Waals surface area contributed by atoms with Crippen molar-refractivity contribution < 1.29 is 19.4 Å². The Labute approximate surface area is 216 Å². The van der Waals surface area contributed by atoms with Crippen LogP contribution in [0.2, 0.25) is 10.0 Å². The molecule has 1 saturated heterocycles. The molecule has 0 bridgehead atoms. The summed E-state index contributed by atoms with van der Waals surface area (Å²) < 4.78 is 5.82. The van der Waals surface area contributed by atoms with Crippen molar-refractivity contribution in [2.75, 3.05) is 6.54 Å². The Balaban J connectivity index is 1.50. The van der Waals surface area contributed by atoms with Crippen LogP contribution in [-0.2, 0) is 11.4 Å². The van der Waals surface area contributed by atoms with Gasteiger partial charge in [-0.1, -0.05) is 41.4 Å². The van der Waals surface area contributed by atoms with E-state index in [0.29, 0.717) is 44.7 Å². The number of carboxylic acid groups (broad SMARTS) is 1. The molecule has 1 amide bonds. The molecule has 1 heterocycles. The number of carboxylic acids is 1. The van der Waals surface area contributed by atoms with Crippen LogP contribution in [0.5, 0.6) is 5.75 Å². The van der Waals surface area contributed by atoms with E-state index in [1.807, 2.05) is 25.1 Å². The summed E-state index contributed by atoms with van der Waals surface area (Å²) in [6.07, 6.45) is 1.76. The number of halogens is 2. The number of amides is 1. The van der Waals surface area contributed by atoms with Crippen LogP contribution in [-0.4, -0.2) is 33.6 Å². The average Bonchev–Trinajstić information content (AvgIpc) is 3.13. The lowest BCUT2D eigenvalue weighted by atomic mass is 10.2. The number of hydrogen-bond donors (Lipinski definition) is 1. The number of aliphatic imine (C=N–C) groups is 1. The minimum atomic E-state index is -1.00. The van der Waals surface area contributed by atoms with Gasteiger partial charge >= 0.3 is 5.97 Å². The van der Waals surface area contributed by atoms with Gasteiger partial charge in [-0.2, -0.15) is 0 Å². The number of carbonyl (C=O) groups is 2. The molecule has 35 heavy (non-hydrogen) atoms. The lowest BCUT2D eigenvalue weighted by molar-refractivity contribution is -0.122. The SMILES string of the molecule is CCN1C(=O)/C(=C/c2ccc(OCc3ccc(Cl)cc3)c(Cl)c2)SC1=Nc1ccc(C(=O)O)cc1. The summed E-state index contributed by atoms with van der Waals surface area (Å²) in [5, 5.41) is 10.7. The van der Waals surface area contributed by atoms with E-state index < -0.39 is 5.97 Å². The van der Waals surface area contributed by atoms with E-state index in [1.54, 1.807) is 47.4 Å². The first-order valence-electron chi connectivity index (χ1n) is 10.6. The highest BCUT2D eigenvalue weighted by atomic mass is 35.5. The first kappa shape index (κ1) is 24.9. The predicted molar refractivity (Wildman–Crippen MR) is 141 cm³/mol. The first-order chi connectivity index (χ1) is 16.8. The maximum atomic E-state index is 12.9. The van der Waals surface area contributed by atoms with Crippen LogP contribution in [0.15, 0.2) is 76.6 Å². The number of likely N-dealkylation sites (N-methyl/N-ethyl adjacent to an activating group) is 1. The molecular weight excluding hydrogens is 507 g/mol. The summed E-state index contributed by atoms with van der Waals surface area (Å²) in [6, 6.07) is 18.9. The van der Waals surface area contributed by atoms with Crippen molar-refractivity contribution in [1.82, 2.24) is 4.90 Å². The fraction of sp³-hybridized carbons (Fsp3) is 0.115. The highest BCUT2D eigenvalue weighted by molar-refractivity contribution is 8.18. The Morgan fingerprint density at radius 1 is 1.09 bits per heavy atom. The topological polar surface area (TPSA) is 79.2 Å². The van der Waals surface area contributed by atoms with Gasteiger partial charge in [0.05, 0.1) is 21.2 Å². The quantitative estimate of drug-likeness (QED) is 0.339. The summed E-state index contributed by atoms with van der Waals surface area (Å²) >= 11 is 13.6. The minimum absolute atomic E-state index is 0.155. The number of benzene rings is 3. The number of thioether (sulfide) groups is 1. The van der Waals surface area contributed by atoms with Crippen LogP contribution in [0.3, 0.4) is 0 Å². The van der Waals surface area contributed by atoms with Crippen LogP contribution in [0.1, 0.15) is 28.4 Å². The fourth-order valence-corrected chi connectivity index (χ4v) is 4.71. The second kappa shape index (κ2) is 11.0. The standard InChI is InChI=1S/C26H20Cl2N2O4S/c1-2-30-24(31)23(35-26(30)29-20-10-6-18(7-11-20)25(32)33)14-17-5-12-22(21(28)13-17)34-15-16-3-8-19(27)9-4-16/h3-14H,2,15H2,1H3,(H,32,33)/b23-14-,29-26?. The highest BCUT2D eigenvalue weighted by Gasteiger charge is 2.32. The molecule has 1 aliphatic heterocycles. The summed E-state index contributed by atoms with van der Waals surface area (Å²) in [6.45, 7) is 2.67. The van der Waals surface area contributed by atoms with Crippen molar-refractivity contribution >= 4 is 63.8 Å². The Hall–Kier alpha value is -3.26. The Kier molecular flexibility index (Phi) is 7.80. The minimum Gasteiger partial charge on any atom is -0.487 e. The monoisotopic (exact) mass is 526 g/mol. The molecule has 0 radical (unpaired) electrons. The van der Waals surface area contributed by atoms with E-state index in [4.69, 9.17) is 33.0 Å². The number of carbonyl (C=O) groups excluding carboxylic acids is 1. The molecule has 1 aliphatic rings. The van der Waals surface area contributed by atoms with Gasteiger partial charge in [-0.25, -0.2) is 9.79 Å². The maximum absolute atomic E-state index is 12.9. The molecule has 1 N–H and O–H groups in total. The molecule has 3 aromatic carbocycles. The molecule has 6 nitrogen and oxygen atoms in total. The van der Waals surface area contributed by atoms with Gasteiger partial charge in [0.25, 0.3) is 5.91 Å². The van der Waals surface area contributed by atoms with Gasteiger partial charge in [0, 0.05) is 11.6 Å². The molecule has 0 aliphatic carbocycles. The van der Waals surface area contributed by atoms with Crippen LogP contribution >= 0.6 is 35.0 Å². The van der Waals surface area contributed by atoms with Crippen LogP contribution < -0.4 is 4.74 Å². The van der Waals surface area contributed by atoms with E-state index in [2.05, 4.69) is 4.99 Å². The number of rotatable bonds is 7. The number of nitrogens with zero attached hydrogens (tertiary/aromatic N) is 2. The van der Waals surface area contributed by atoms with Gasteiger partial charge in [0.15, 0.2) is 5.17 Å². The molecule has 1 fully saturated rings. The first-order valence-corrected chi connectivity index (χ1v) is 12.2. The van der Waals surface area contributed by atoms with Crippen molar-refractivity contribution in [3.8, 4) is 5.75 Å². The molecule has 178 valence electrons. The zero-order valence-electron chi connectivity index (χ0n) is 18.6. The van der Waals surface area contributed by atoms with E-state index in [1.165, 1.54) is 23.9 Å². The summed E-state index contributed by atoms with van der Waals surface area (Å²) in [5.41, 5.74) is 2.46. The number of aromatic carboxylic acids is 1. The summed E-state index contributed by atoms with van der Waals surface area (Å²) in [5.74, 6) is -0.621. The van der Waals surface area contributed by atoms with Gasteiger partial charge in [0.1, 0.15) is 12.4 Å². The summed E-state index contributed by atoms with van der Waals surface area (Å²) in [7, 11) is 0. The van der Waals surface area contributed by atoms with Gasteiger partial charge in [-0.3, -0.25) is 9.69 Å². The Morgan fingerprint density at radius 3 is 2.43 bits per heavy atom. The normalized spacial score (nSPS) is 15.7. The van der Waals surface area contributed by atoms with E-state index in [0.717, 1.165) is 11.1 Å². The Bertz CT molecular complexity index is 1320. The number of amidine groups is 1. The molecule has 0 spiro atoms. The number of hydrogen-bond acceptors (Lipinski definition) is 5. The van der Waals surface area contributed by atoms with Crippen molar-refractivity contribution in [2.24, 2.45) is 4.99 Å². The zero-order chi connectivity index (χ0) is 24.9. The van der Waals surface area contributed by atoms with Crippen molar-refractivity contribution in [3.63, 3.8) is 0 Å². The van der Waals surface area contributed by atoms with Gasteiger partial charge in [-0.05, 0) is 84.4 Å². The molecule has 4 rings (SSSR count).